The molecule has 3 aromatic carbocycles. The number of oxazole rings is 1. The van der Waals surface area contributed by atoms with Crippen molar-refractivity contribution < 1.29 is 28.9 Å². The maximum absolute atomic E-state index is 11.5. The number of aliphatic carboxylic acids is 1. The van der Waals surface area contributed by atoms with Gasteiger partial charge >= 0.3 is 5.97 Å². The maximum atomic E-state index is 11.5. The van der Waals surface area contributed by atoms with E-state index in [2.05, 4.69) is 57.0 Å². The Morgan fingerprint density at radius 2 is 1.81 bits per heavy atom. The van der Waals surface area contributed by atoms with Gasteiger partial charge < -0.3 is 24.1 Å². The largest absolute Gasteiger partial charge is 0.481 e. The Kier molecular flexibility index (Phi) is 9.09. The number of likely N-dealkylation sites (tertiary alicyclic amines) is 2. The predicted octanol–water partition coefficient (Wildman–Crippen LogP) is 5.68. The fraction of sp³-hybridized carbons (Fsp3) is 0.375. The third kappa shape index (κ3) is 6.47. The molecule has 8 rings (SSSR count). The number of rotatable bonds is 10. The molecule has 0 amide bonds. The molecule has 2 N–H and O–H groups in total. The smallest absolute Gasteiger partial charge is 0.307 e. The number of aliphatic hydroxyl groups excluding tert-OH is 1. The SMILES string of the molecule is COc1nc(O[C@H]2CCc3c(-c4cccc(-c5nc6cc(CN7CC[C@@H](C(=O)O)C7)cc(C#N)c6o5)c4C)cccc32)cnc1CN1CCC(O)C1. The monoisotopic (exact) mass is 700 g/mol. The van der Waals surface area contributed by atoms with Crippen molar-refractivity contribution in [2.24, 2.45) is 5.92 Å². The third-order valence-corrected chi connectivity index (χ3v) is 10.6. The van der Waals surface area contributed by atoms with E-state index >= 15 is 0 Å². The predicted molar refractivity (Wildman–Crippen MR) is 192 cm³/mol. The van der Waals surface area contributed by atoms with Crippen LogP contribution in [0.25, 0.3) is 33.7 Å². The molecule has 12 heteroatoms. The number of carboxylic acid groups (broad SMARTS) is 1. The molecule has 0 radical (unpaired) electrons. The molecule has 1 unspecified atom stereocenters. The van der Waals surface area contributed by atoms with Crippen LogP contribution in [0.1, 0.15) is 58.9 Å². The van der Waals surface area contributed by atoms with Crippen molar-refractivity contribution >= 4 is 17.1 Å². The highest BCUT2D eigenvalue weighted by molar-refractivity contribution is 5.85. The van der Waals surface area contributed by atoms with E-state index in [0.29, 0.717) is 73.5 Å². The molecule has 52 heavy (non-hydrogen) atoms. The highest BCUT2D eigenvalue weighted by atomic mass is 16.5. The number of hydrogen-bond acceptors (Lipinski definition) is 11. The van der Waals surface area contributed by atoms with Gasteiger partial charge in [-0.2, -0.15) is 10.2 Å². The van der Waals surface area contributed by atoms with Gasteiger partial charge in [-0.3, -0.25) is 14.6 Å². The van der Waals surface area contributed by atoms with Gasteiger partial charge in [0.15, 0.2) is 5.58 Å². The molecule has 1 aliphatic carbocycles. The van der Waals surface area contributed by atoms with Gasteiger partial charge in [0.25, 0.3) is 0 Å². The average Bonchev–Trinajstić information content (AvgIpc) is 3.96. The summed E-state index contributed by atoms with van der Waals surface area (Å²) in [5.74, 6) is 0.146. The molecule has 266 valence electrons. The standard InChI is InChI=1S/C40H40N6O6/c1-23-28(5-3-6-29(23)38-43-33-16-24(15-26(17-41)37(33)52-38)19-45-13-11-25(20-45)40(48)49)30-7-4-8-32-31(30)9-10-35(32)51-36-18-42-34(39(44-36)50-2)22-46-14-12-27(47)21-46/h3-8,15-16,18,25,27,35,47H,9-14,19-22H2,1-2H3,(H,48,49)/t25-,27?,35+/m1/s1. The first-order chi connectivity index (χ1) is 25.3. The van der Waals surface area contributed by atoms with Crippen LogP contribution in [-0.2, 0) is 24.3 Å². The summed E-state index contributed by atoms with van der Waals surface area (Å²) < 4.78 is 18.3. The molecular formula is C40H40N6O6. The Morgan fingerprint density at radius 1 is 1.02 bits per heavy atom. The second-order valence-electron chi connectivity index (χ2n) is 14.0. The van der Waals surface area contributed by atoms with Crippen LogP contribution in [0.2, 0.25) is 0 Å². The van der Waals surface area contributed by atoms with Gasteiger partial charge in [-0.15, -0.1) is 0 Å². The van der Waals surface area contributed by atoms with Gasteiger partial charge in [0.05, 0.1) is 30.9 Å². The molecule has 2 saturated heterocycles. The summed E-state index contributed by atoms with van der Waals surface area (Å²) in [5, 5.41) is 29.3. The number of benzene rings is 3. The van der Waals surface area contributed by atoms with Crippen LogP contribution >= 0.6 is 0 Å². The number of fused-ring (bicyclic) bond motifs is 2. The summed E-state index contributed by atoms with van der Waals surface area (Å²) in [6.07, 6.45) is 4.16. The van der Waals surface area contributed by atoms with Crippen molar-refractivity contribution in [2.75, 3.05) is 33.3 Å². The van der Waals surface area contributed by atoms with Crippen LogP contribution in [0.4, 0.5) is 0 Å². The molecule has 12 nitrogen and oxygen atoms in total. The van der Waals surface area contributed by atoms with Crippen molar-refractivity contribution in [1.29, 1.82) is 5.26 Å². The van der Waals surface area contributed by atoms with E-state index < -0.39 is 5.97 Å². The summed E-state index contributed by atoms with van der Waals surface area (Å²) in [7, 11) is 1.58. The van der Waals surface area contributed by atoms with Gasteiger partial charge in [0.2, 0.25) is 17.7 Å². The van der Waals surface area contributed by atoms with Crippen molar-refractivity contribution in [3.63, 3.8) is 0 Å². The first-order valence-corrected chi connectivity index (χ1v) is 17.8. The van der Waals surface area contributed by atoms with Crippen LogP contribution in [0.15, 0.2) is 59.1 Å². The molecule has 2 aromatic heterocycles. The van der Waals surface area contributed by atoms with E-state index in [1.165, 1.54) is 5.56 Å². The maximum Gasteiger partial charge on any atom is 0.307 e. The number of methoxy groups -OCH3 is 1. The molecule has 2 aliphatic heterocycles. The zero-order valence-corrected chi connectivity index (χ0v) is 29.2. The molecule has 0 spiro atoms. The minimum absolute atomic E-state index is 0.191. The Morgan fingerprint density at radius 3 is 2.58 bits per heavy atom. The fourth-order valence-corrected chi connectivity index (χ4v) is 7.99. The van der Waals surface area contributed by atoms with Crippen molar-refractivity contribution in [3.8, 4) is 40.4 Å². The second kappa shape index (κ2) is 14.0. The Bertz CT molecular complexity index is 2210. The van der Waals surface area contributed by atoms with E-state index in [9.17, 15) is 20.3 Å². The highest BCUT2D eigenvalue weighted by Gasteiger charge is 2.30. The number of carboxylic acids is 1. The molecule has 5 aromatic rings. The zero-order valence-electron chi connectivity index (χ0n) is 29.2. The lowest BCUT2D eigenvalue weighted by Gasteiger charge is -2.18. The van der Waals surface area contributed by atoms with E-state index in [-0.39, 0.29) is 18.1 Å². The van der Waals surface area contributed by atoms with Crippen molar-refractivity contribution in [3.05, 3.63) is 88.2 Å². The molecule has 3 atom stereocenters. The highest BCUT2D eigenvalue weighted by Crippen LogP contribution is 2.42. The number of aliphatic hydroxyl groups is 1. The van der Waals surface area contributed by atoms with Crippen LogP contribution in [-0.4, -0.2) is 80.3 Å². The molecule has 4 heterocycles. The lowest BCUT2D eigenvalue weighted by atomic mass is 9.91. The number of carbonyl (C=O) groups is 1. The zero-order chi connectivity index (χ0) is 35.9. The summed E-state index contributed by atoms with van der Waals surface area (Å²) in [6, 6.07) is 18.4. The number of nitrogens with zero attached hydrogens (tertiary/aromatic N) is 6. The summed E-state index contributed by atoms with van der Waals surface area (Å²) in [6.45, 7) is 5.78. The second-order valence-corrected chi connectivity index (χ2v) is 14.0. The Labute approximate surface area is 301 Å². The van der Waals surface area contributed by atoms with Crippen LogP contribution in [0.3, 0.4) is 0 Å². The van der Waals surface area contributed by atoms with Crippen LogP contribution in [0.5, 0.6) is 11.8 Å². The Balaban J connectivity index is 1.04. The molecule has 0 bridgehead atoms. The number of nitriles is 1. The van der Waals surface area contributed by atoms with Gasteiger partial charge in [-0.05, 0) is 90.7 Å². The molecular weight excluding hydrogens is 660 g/mol. The van der Waals surface area contributed by atoms with Gasteiger partial charge in [0, 0.05) is 38.3 Å². The van der Waals surface area contributed by atoms with E-state index in [1.807, 2.05) is 24.3 Å². The normalized spacial score (nSPS) is 20.3. The topological polar surface area (TPSA) is 158 Å². The number of ether oxygens (including phenoxy) is 2. The van der Waals surface area contributed by atoms with Gasteiger partial charge in [-0.25, -0.2) is 9.97 Å². The first-order valence-electron chi connectivity index (χ1n) is 17.8. The van der Waals surface area contributed by atoms with Gasteiger partial charge in [0.1, 0.15) is 23.4 Å². The van der Waals surface area contributed by atoms with Crippen molar-refractivity contribution in [1.82, 2.24) is 24.8 Å². The summed E-state index contributed by atoms with van der Waals surface area (Å²) in [5.41, 5.74) is 9.45. The molecule has 2 fully saturated rings. The fourth-order valence-electron chi connectivity index (χ4n) is 7.99. The minimum atomic E-state index is -0.767. The Hall–Kier alpha value is -5.35. The third-order valence-electron chi connectivity index (χ3n) is 10.6. The lowest BCUT2D eigenvalue weighted by molar-refractivity contribution is -0.141. The molecule has 3 aliphatic rings. The van der Waals surface area contributed by atoms with Gasteiger partial charge in [-0.1, -0.05) is 30.3 Å². The minimum Gasteiger partial charge on any atom is -0.481 e. The van der Waals surface area contributed by atoms with Crippen molar-refractivity contribution in [2.45, 2.75) is 57.9 Å². The van der Waals surface area contributed by atoms with E-state index in [4.69, 9.17) is 18.9 Å². The quantitative estimate of drug-likeness (QED) is 0.184. The first kappa shape index (κ1) is 33.8. The number of β-amino-alcohol motifs (C(OH)–C–C–N with tert-alkyl or cyclic N) is 1. The number of aromatic nitrogens is 3. The summed E-state index contributed by atoms with van der Waals surface area (Å²) in [4.78, 5) is 29.8. The van der Waals surface area contributed by atoms with Crippen LogP contribution < -0.4 is 9.47 Å². The average molecular weight is 701 g/mol. The van der Waals surface area contributed by atoms with E-state index in [0.717, 1.165) is 64.9 Å². The lowest BCUT2D eigenvalue weighted by Crippen LogP contribution is -2.22. The van der Waals surface area contributed by atoms with E-state index in [1.54, 1.807) is 13.3 Å². The molecule has 0 saturated carbocycles. The number of hydrogen-bond donors (Lipinski definition) is 2. The van der Waals surface area contributed by atoms with Crippen LogP contribution in [0, 0.1) is 24.2 Å². The summed E-state index contributed by atoms with van der Waals surface area (Å²) >= 11 is 0.